The number of ether oxygens (including phenoxy) is 1. The minimum absolute atomic E-state index is 0.163. The molecule has 25 heavy (non-hydrogen) atoms. The maximum Gasteiger partial charge on any atom is 0.307 e. The van der Waals surface area contributed by atoms with Crippen LogP contribution in [0.4, 0.5) is 5.69 Å². The summed E-state index contributed by atoms with van der Waals surface area (Å²) in [5, 5.41) is 12.0. The number of hydrogen-bond acceptors (Lipinski definition) is 4. The van der Waals surface area contributed by atoms with Crippen molar-refractivity contribution >= 4 is 23.5 Å². The highest BCUT2D eigenvalue weighted by Gasteiger charge is 2.65. The second-order valence-corrected chi connectivity index (χ2v) is 7.05. The predicted molar refractivity (Wildman–Crippen MR) is 90.2 cm³/mol. The Bertz CT molecular complexity index is 709. The van der Waals surface area contributed by atoms with Gasteiger partial charge in [0.05, 0.1) is 36.3 Å². The SMILES string of the molecule is CC1(C)[C@H](C(=O)O)[C@@H]1C(=O)Nc1ccccc1C(=O)N1CCOCC1. The maximum absolute atomic E-state index is 12.7. The van der Waals surface area contributed by atoms with E-state index >= 15 is 0 Å². The highest BCUT2D eigenvalue weighted by Crippen LogP contribution is 2.58. The Morgan fingerprint density at radius 3 is 2.40 bits per heavy atom. The van der Waals surface area contributed by atoms with Gasteiger partial charge < -0.3 is 20.1 Å². The number of benzene rings is 1. The zero-order valence-electron chi connectivity index (χ0n) is 14.3. The molecule has 2 N–H and O–H groups in total. The number of rotatable bonds is 4. The third-order valence-corrected chi connectivity index (χ3v) is 5.09. The molecular weight excluding hydrogens is 324 g/mol. The summed E-state index contributed by atoms with van der Waals surface area (Å²) in [6.45, 7) is 5.55. The van der Waals surface area contributed by atoms with Crippen LogP contribution < -0.4 is 5.32 Å². The number of para-hydroxylation sites is 1. The number of carboxylic acid groups (broad SMARTS) is 1. The second kappa shape index (κ2) is 6.48. The standard InChI is InChI=1S/C18H22N2O5/c1-18(2)13(14(18)17(23)24)15(21)19-12-6-4-3-5-11(12)16(22)20-7-9-25-10-8-20/h3-6,13-14H,7-10H2,1-2H3,(H,19,21)(H,23,24)/t13-,14+/m1/s1. The molecule has 2 aliphatic rings. The van der Waals surface area contributed by atoms with Gasteiger partial charge in [0, 0.05) is 13.1 Å². The molecule has 7 heteroatoms. The van der Waals surface area contributed by atoms with E-state index in [1.807, 2.05) is 0 Å². The number of anilines is 1. The van der Waals surface area contributed by atoms with Crippen LogP contribution in [0.1, 0.15) is 24.2 Å². The molecule has 2 amide bonds. The molecule has 1 aliphatic heterocycles. The van der Waals surface area contributed by atoms with E-state index in [1.54, 1.807) is 43.0 Å². The van der Waals surface area contributed by atoms with E-state index in [2.05, 4.69) is 5.32 Å². The number of nitrogens with zero attached hydrogens (tertiary/aromatic N) is 1. The number of hydrogen-bond donors (Lipinski definition) is 2. The molecule has 0 bridgehead atoms. The van der Waals surface area contributed by atoms with Gasteiger partial charge >= 0.3 is 5.97 Å². The molecule has 0 radical (unpaired) electrons. The molecule has 3 rings (SSSR count). The Hall–Kier alpha value is -2.41. The van der Waals surface area contributed by atoms with Crippen molar-refractivity contribution in [3.05, 3.63) is 29.8 Å². The third kappa shape index (κ3) is 3.24. The van der Waals surface area contributed by atoms with E-state index in [0.717, 1.165) is 0 Å². The van der Waals surface area contributed by atoms with Crippen LogP contribution in [0.2, 0.25) is 0 Å². The number of carbonyl (C=O) groups excluding carboxylic acids is 2. The van der Waals surface area contributed by atoms with Crippen molar-refractivity contribution in [1.82, 2.24) is 4.90 Å². The van der Waals surface area contributed by atoms with Gasteiger partial charge in [0.25, 0.3) is 5.91 Å². The molecule has 1 aliphatic carbocycles. The number of morpholine rings is 1. The smallest absolute Gasteiger partial charge is 0.307 e. The lowest BCUT2D eigenvalue weighted by atomic mass is 10.1. The van der Waals surface area contributed by atoms with Gasteiger partial charge in [-0.2, -0.15) is 0 Å². The lowest BCUT2D eigenvalue weighted by Gasteiger charge is -2.27. The highest BCUT2D eigenvalue weighted by atomic mass is 16.5. The minimum atomic E-state index is -0.970. The van der Waals surface area contributed by atoms with Gasteiger partial charge in [0.1, 0.15) is 0 Å². The summed E-state index contributed by atoms with van der Waals surface area (Å²) in [4.78, 5) is 38.2. The van der Waals surface area contributed by atoms with Crippen molar-refractivity contribution in [2.75, 3.05) is 31.6 Å². The van der Waals surface area contributed by atoms with Crippen LogP contribution in [-0.2, 0) is 14.3 Å². The fourth-order valence-electron chi connectivity index (χ4n) is 3.51. The van der Waals surface area contributed by atoms with E-state index in [4.69, 9.17) is 4.74 Å². The largest absolute Gasteiger partial charge is 0.481 e. The quantitative estimate of drug-likeness (QED) is 0.860. The summed E-state index contributed by atoms with van der Waals surface area (Å²) < 4.78 is 5.26. The Morgan fingerprint density at radius 2 is 1.80 bits per heavy atom. The van der Waals surface area contributed by atoms with Gasteiger partial charge in [0.2, 0.25) is 5.91 Å². The fourth-order valence-corrected chi connectivity index (χ4v) is 3.51. The summed E-state index contributed by atoms with van der Waals surface area (Å²) in [6, 6.07) is 6.81. The van der Waals surface area contributed by atoms with Crippen LogP contribution >= 0.6 is 0 Å². The summed E-state index contributed by atoms with van der Waals surface area (Å²) in [6.07, 6.45) is 0. The van der Waals surface area contributed by atoms with Crippen LogP contribution in [0.3, 0.4) is 0 Å². The van der Waals surface area contributed by atoms with Crippen LogP contribution in [-0.4, -0.2) is 54.1 Å². The summed E-state index contributed by atoms with van der Waals surface area (Å²) in [5.74, 6) is -2.79. The Kier molecular flexibility index (Phi) is 4.51. The number of carbonyl (C=O) groups is 3. The molecule has 2 fully saturated rings. The molecule has 0 spiro atoms. The lowest BCUT2D eigenvalue weighted by Crippen LogP contribution is -2.41. The molecule has 0 unspecified atom stereocenters. The number of amides is 2. The van der Waals surface area contributed by atoms with E-state index in [0.29, 0.717) is 37.6 Å². The Balaban J connectivity index is 1.76. The van der Waals surface area contributed by atoms with E-state index in [-0.39, 0.29) is 11.8 Å². The molecule has 7 nitrogen and oxygen atoms in total. The number of carboxylic acids is 1. The average molecular weight is 346 g/mol. The number of aliphatic carboxylic acids is 1. The van der Waals surface area contributed by atoms with Crippen LogP contribution in [0.25, 0.3) is 0 Å². The average Bonchev–Trinajstić information content (AvgIpc) is 3.18. The predicted octanol–water partition coefficient (Wildman–Crippen LogP) is 1.45. The van der Waals surface area contributed by atoms with Crippen molar-refractivity contribution in [2.45, 2.75) is 13.8 Å². The first-order valence-electron chi connectivity index (χ1n) is 8.33. The first-order valence-corrected chi connectivity index (χ1v) is 8.33. The second-order valence-electron chi connectivity index (χ2n) is 7.05. The zero-order chi connectivity index (χ0) is 18.2. The molecule has 0 aromatic heterocycles. The molecule has 1 aromatic rings. The van der Waals surface area contributed by atoms with Gasteiger partial charge in [-0.1, -0.05) is 26.0 Å². The van der Waals surface area contributed by atoms with Crippen molar-refractivity contribution in [1.29, 1.82) is 0 Å². The number of nitrogens with one attached hydrogen (secondary N) is 1. The molecule has 2 atom stereocenters. The summed E-state index contributed by atoms with van der Waals surface area (Å²) >= 11 is 0. The van der Waals surface area contributed by atoms with Crippen LogP contribution in [0.5, 0.6) is 0 Å². The van der Waals surface area contributed by atoms with Gasteiger partial charge in [0.15, 0.2) is 0 Å². The summed E-state index contributed by atoms with van der Waals surface area (Å²) in [5.41, 5.74) is 0.234. The maximum atomic E-state index is 12.7. The Labute approximate surface area is 146 Å². The monoisotopic (exact) mass is 346 g/mol. The Morgan fingerprint density at radius 1 is 1.16 bits per heavy atom. The first-order chi connectivity index (χ1) is 11.8. The molecule has 134 valence electrons. The molecular formula is C18H22N2O5. The van der Waals surface area contributed by atoms with Crippen molar-refractivity contribution < 1.29 is 24.2 Å². The normalized spacial score (nSPS) is 24.5. The third-order valence-electron chi connectivity index (χ3n) is 5.09. The molecule has 1 saturated carbocycles. The molecule has 1 heterocycles. The van der Waals surface area contributed by atoms with Crippen molar-refractivity contribution in [2.24, 2.45) is 17.3 Å². The van der Waals surface area contributed by atoms with Crippen molar-refractivity contribution in [3.63, 3.8) is 0 Å². The van der Waals surface area contributed by atoms with Crippen LogP contribution in [0.15, 0.2) is 24.3 Å². The van der Waals surface area contributed by atoms with Crippen LogP contribution in [0, 0.1) is 17.3 Å². The fraction of sp³-hybridized carbons (Fsp3) is 0.500. The van der Waals surface area contributed by atoms with E-state index in [1.165, 1.54) is 0 Å². The molecule has 1 saturated heterocycles. The van der Waals surface area contributed by atoms with E-state index in [9.17, 15) is 19.5 Å². The summed E-state index contributed by atoms with van der Waals surface area (Å²) in [7, 11) is 0. The van der Waals surface area contributed by atoms with E-state index < -0.39 is 23.2 Å². The van der Waals surface area contributed by atoms with Crippen molar-refractivity contribution in [3.8, 4) is 0 Å². The molecule has 1 aromatic carbocycles. The van der Waals surface area contributed by atoms with Gasteiger partial charge in [-0.3, -0.25) is 14.4 Å². The van der Waals surface area contributed by atoms with Gasteiger partial charge in [-0.15, -0.1) is 0 Å². The van der Waals surface area contributed by atoms with Gasteiger partial charge in [-0.25, -0.2) is 0 Å². The minimum Gasteiger partial charge on any atom is -0.481 e. The first kappa shape index (κ1) is 17.4. The topological polar surface area (TPSA) is 95.9 Å². The lowest BCUT2D eigenvalue weighted by molar-refractivity contribution is -0.140. The zero-order valence-corrected chi connectivity index (χ0v) is 14.3. The van der Waals surface area contributed by atoms with Gasteiger partial charge in [-0.05, 0) is 17.5 Å². The highest BCUT2D eigenvalue weighted by molar-refractivity contribution is 6.06.